The highest BCUT2D eigenvalue weighted by atomic mass is 16.5. The first-order valence-electron chi connectivity index (χ1n) is 5.54. The second-order valence-electron chi connectivity index (χ2n) is 3.65. The minimum absolute atomic E-state index is 0.0235. The Balaban J connectivity index is 2.13. The van der Waals surface area contributed by atoms with Crippen LogP contribution in [0.5, 0.6) is 0 Å². The molecule has 0 radical (unpaired) electrons. The Labute approximate surface area is 97.2 Å². The summed E-state index contributed by atoms with van der Waals surface area (Å²) in [6.45, 7) is 2.67. The topological polar surface area (TPSA) is 33.0 Å². The van der Waals surface area contributed by atoms with Crippen LogP contribution in [0.3, 0.4) is 0 Å². The zero-order chi connectivity index (χ0) is 11.6. The van der Waals surface area contributed by atoms with Crippen LogP contribution in [0, 0.1) is 11.3 Å². The van der Waals surface area contributed by atoms with Crippen LogP contribution >= 0.6 is 0 Å². The Hall–Kier alpha value is -1.59. The van der Waals surface area contributed by atoms with Gasteiger partial charge in [-0.2, -0.15) is 5.26 Å². The molecule has 0 aromatic heterocycles. The van der Waals surface area contributed by atoms with Crippen LogP contribution in [-0.4, -0.2) is 12.7 Å². The minimum Gasteiger partial charge on any atom is -0.374 e. The first-order chi connectivity index (χ1) is 7.83. The third kappa shape index (κ3) is 5.33. The van der Waals surface area contributed by atoms with Gasteiger partial charge >= 0.3 is 0 Å². The fraction of sp³-hybridized carbons (Fsp3) is 0.357. The van der Waals surface area contributed by atoms with Crippen molar-refractivity contribution < 1.29 is 4.74 Å². The SMILES string of the molecule is CC(/C=C/C#N)OCCCc1ccccc1. The summed E-state index contributed by atoms with van der Waals surface area (Å²) in [6.07, 6.45) is 5.30. The van der Waals surface area contributed by atoms with Gasteiger partial charge in [0.25, 0.3) is 0 Å². The van der Waals surface area contributed by atoms with Crippen molar-refractivity contribution in [2.45, 2.75) is 25.9 Å². The first-order valence-corrected chi connectivity index (χ1v) is 5.54. The molecule has 0 bridgehead atoms. The number of nitriles is 1. The van der Waals surface area contributed by atoms with Gasteiger partial charge in [0.2, 0.25) is 0 Å². The van der Waals surface area contributed by atoms with E-state index in [0.717, 1.165) is 19.4 Å². The molecule has 1 unspecified atom stereocenters. The molecule has 84 valence electrons. The summed E-state index contributed by atoms with van der Waals surface area (Å²) in [5.41, 5.74) is 1.34. The van der Waals surface area contributed by atoms with Crippen LogP contribution in [0.4, 0.5) is 0 Å². The lowest BCUT2D eigenvalue weighted by molar-refractivity contribution is 0.0956. The molecule has 0 saturated heterocycles. The molecular formula is C14H17NO. The van der Waals surface area contributed by atoms with E-state index in [-0.39, 0.29) is 6.10 Å². The van der Waals surface area contributed by atoms with Crippen molar-refractivity contribution in [2.24, 2.45) is 0 Å². The molecule has 0 aliphatic rings. The van der Waals surface area contributed by atoms with Crippen molar-refractivity contribution in [3.8, 4) is 6.07 Å². The predicted molar refractivity (Wildman–Crippen MR) is 64.9 cm³/mol. The Morgan fingerprint density at radius 1 is 1.38 bits per heavy atom. The third-order valence-corrected chi connectivity index (χ3v) is 2.28. The molecule has 16 heavy (non-hydrogen) atoms. The first kappa shape index (κ1) is 12.5. The number of hydrogen-bond donors (Lipinski definition) is 0. The Morgan fingerprint density at radius 2 is 2.12 bits per heavy atom. The van der Waals surface area contributed by atoms with Crippen molar-refractivity contribution in [1.29, 1.82) is 5.26 Å². The monoisotopic (exact) mass is 215 g/mol. The molecule has 0 heterocycles. The normalized spacial score (nSPS) is 12.5. The lowest BCUT2D eigenvalue weighted by Gasteiger charge is -2.07. The molecule has 1 rings (SSSR count). The zero-order valence-corrected chi connectivity index (χ0v) is 9.60. The van der Waals surface area contributed by atoms with Crippen LogP contribution in [0.1, 0.15) is 18.9 Å². The smallest absolute Gasteiger partial charge is 0.0909 e. The molecule has 2 nitrogen and oxygen atoms in total. The predicted octanol–water partition coefficient (Wildman–Crippen LogP) is 3.10. The number of allylic oxidation sites excluding steroid dienone is 1. The summed E-state index contributed by atoms with van der Waals surface area (Å²) in [6, 6.07) is 12.3. The van der Waals surface area contributed by atoms with E-state index in [1.807, 2.05) is 19.1 Å². The molecule has 0 spiro atoms. The van der Waals surface area contributed by atoms with Gasteiger partial charge in [-0.1, -0.05) is 30.3 Å². The van der Waals surface area contributed by atoms with Gasteiger partial charge in [0.1, 0.15) is 0 Å². The summed E-state index contributed by atoms with van der Waals surface area (Å²) >= 11 is 0. The lowest BCUT2D eigenvalue weighted by Crippen LogP contribution is -2.06. The highest BCUT2D eigenvalue weighted by molar-refractivity contribution is 5.14. The second kappa shape index (κ2) is 7.67. The van der Waals surface area contributed by atoms with Gasteiger partial charge in [0, 0.05) is 12.7 Å². The van der Waals surface area contributed by atoms with Crippen LogP contribution < -0.4 is 0 Å². The number of nitrogens with zero attached hydrogens (tertiary/aromatic N) is 1. The molecule has 0 N–H and O–H groups in total. The van der Waals surface area contributed by atoms with Gasteiger partial charge in [-0.3, -0.25) is 0 Å². The van der Waals surface area contributed by atoms with E-state index in [2.05, 4.69) is 24.3 Å². The zero-order valence-electron chi connectivity index (χ0n) is 9.60. The maximum atomic E-state index is 8.34. The van der Waals surface area contributed by atoms with E-state index < -0.39 is 0 Å². The molecule has 1 aromatic rings. The van der Waals surface area contributed by atoms with Crippen molar-refractivity contribution in [1.82, 2.24) is 0 Å². The van der Waals surface area contributed by atoms with Gasteiger partial charge in [0.15, 0.2) is 0 Å². The van der Waals surface area contributed by atoms with E-state index >= 15 is 0 Å². The highest BCUT2D eigenvalue weighted by Crippen LogP contribution is 2.03. The average molecular weight is 215 g/mol. The summed E-state index contributed by atoms with van der Waals surface area (Å²) in [4.78, 5) is 0. The molecule has 0 fully saturated rings. The van der Waals surface area contributed by atoms with E-state index in [1.54, 1.807) is 6.08 Å². The second-order valence-corrected chi connectivity index (χ2v) is 3.65. The van der Waals surface area contributed by atoms with E-state index in [9.17, 15) is 0 Å². The van der Waals surface area contributed by atoms with Gasteiger partial charge < -0.3 is 4.74 Å². The molecule has 1 atom stereocenters. The average Bonchev–Trinajstić information content (AvgIpc) is 2.33. The molecule has 0 aliphatic heterocycles. The summed E-state index contributed by atoms with van der Waals surface area (Å²) in [5.74, 6) is 0. The van der Waals surface area contributed by atoms with Gasteiger partial charge in [-0.15, -0.1) is 0 Å². The number of benzene rings is 1. The van der Waals surface area contributed by atoms with Crippen LogP contribution in [0.25, 0.3) is 0 Å². The molecular weight excluding hydrogens is 198 g/mol. The molecule has 2 heteroatoms. The maximum absolute atomic E-state index is 8.34. The van der Waals surface area contributed by atoms with Gasteiger partial charge in [-0.25, -0.2) is 0 Å². The van der Waals surface area contributed by atoms with Crippen LogP contribution in [-0.2, 0) is 11.2 Å². The van der Waals surface area contributed by atoms with Crippen molar-refractivity contribution in [3.05, 3.63) is 48.0 Å². The Kier molecular flexibility index (Phi) is 5.98. The largest absolute Gasteiger partial charge is 0.374 e. The lowest BCUT2D eigenvalue weighted by atomic mass is 10.1. The third-order valence-electron chi connectivity index (χ3n) is 2.28. The van der Waals surface area contributed by atoms with E-state index in [0.29, 0.717) is 0 Å². The van der Waals surface area contributed by atoms with E-state index in [1.165, 1.54) is 11.6 Å². The van der Waals surface area contributed by atoms with E-state index in [4.69, 9.17) is 10.00 Å². The summed E-state index contributed by atoms with van der Waals surface area (Å²) < 4.78 is 5.53. The quantitative estimate of drug-likeness (QED) is 0.539. The van der Waals surface area contributed by atoms with Crippen molar-refractivity contribution in [2.75, 3.05) is 6.61 Å². The molecule has 0 amide bonds. The van der Waals surface area contributed by atoms with Crippen LogP contribution in [0.2, 0.25) is 0 Å². The maximum Gasteiger partial charge on any atom is 0.0909 e. The number of hydrogen-bond acceptors (Lipinski definition) is 2. The molecule has 1 aromatic carbocycles. The van der Waals surface area contributed by atoms with Crippen molar-refractivity contribution >= 4 is 0 Å². The van der Waals surface area contributed by atoms with Gasteiger partial charge in [-0.05, 0) is 31.4 Å². The Morgan fingerprint density at radius 3 is 2.81 bits per heavy atom. The standard InChI is InChI=1S/C14H17NO/c1-13(7-5-11-15)16-12-6-10-14-8-3-2-4-9-14/h2-5,7-9,13H,6,10,12H2,1H3/b7-5+. The molecule has 0 saturated carbocycles. The number of rotatable bonds is 6. The van der Waals surface area contributed by atoms with Crippen molar-refractivity contribution in [3.63, 3.8) is 0 Å². The highest BCUT2D eigenvalue weighted by Gasteiger charge is 1.96. The fourth-order valence-electron chi connectivity index (χ4n) is 1.42. The molecule has 0 aliphatic carbocycles. The van der Waals surface area contributed by atoms with Crippen LogP contribution in [0.15, 0.2) is 42.5 Å². The summed E-state index contributed by atoms with van der Waals surface area (Å²) in [5, 5.41) is 8.34. The number of aryl methyl sites for hydroxylation is 1. The Bertz CT molecular complexity index is 351. The minimum atomic E-state index is 0.0235. The fourth-order valence-corrected chi connectivity index (χ4v) is 1.42. The number of ether oxygens (including phenoxy) is 1. The van der Waals surface area contributed by atoms with Gasteiger partial charge in [0.05, 0.1) is 12.2 Å². The summed E-state index contributed by atoms with van der Waals surface area (Å²) in [7, 11) is 0.